The number of benzene rings is 1. The van der Waals surface area contributed by atoms with Crippen molar-refractivity contribution < 1.29 is 4.79 Å². The number of imidazole rings is 1. The highest BCUT2D eigenvalue weighted by Crippen LogP contribution is 2.16. The smallest absolute Gasteiger partial charge is 0.254 e. The molecular weight excluding hydrogens is 314 g/mol. The van der Waals surface area contributed by atoms with Crippen LogP contribution < -0.4 is 0 Å². The van der Waals surface area contributed by atoms with E-state index in [0.717, 1.165) is 18.8 Å². The first kappa shape index (κ1) is 17.2. The van der Waals surface area contributed by atoms with Gasteiger partial charge in [-0.05, 0) is 24.1 Å². The average molecular weight is 337 g/mol. The van der Waals surface area contributed by atoms with Crippen molar-refractivity contribution >= 4 is 5.91 Å². The van der Waals surface area contributed by atoms with Crippen LogP contribution in [0.15, 0.2) is 43.0 Å². The van der Waals surface area contributed by atoms with Crippen molar-refractivity contribution in [3.63, 3.8) is 0 Å². The number of hydrogen-bond acceptors (Lipinski definition) is 4. The molecule has 2 aromatic rings. The van der Waals surface area contributed by atoms with E-state index in [1.54, 1.807) is 12.5 Å². The van der Waals surface area contributed by atoms with Crippen molar-refractivity contribution in [2.45, 2.75) is 19.9 Å². The quantitative estimate of drug-likeness (QED) is 0.858. The summed E-state index contributed by atoms with van der Waals surface area (Å²) < 4.78 is 1.88. The van der Waals surface area contributed by atoms with Gasteiger partial charge in [0.15, 0.2) is 0 Å². The molecule has 1 aromatic heterocycles. The molecular formula is C19H23N5O. The minimum absolute atomic E-state index is 0.0414. The number of piperazine rings is 1. The number of carbonyl (C=O) groups excluding carboxylic acids is 1. The molecule has 1 aliphatic rings. The summed E-state index contributed by atoms with van der Waals surface area (Å²) in [7, 11) is 0. The Morgan fingerprint density at radius 3 is 2.60 bits per heavy atom. The third-order valence-electron chi connectivity index (χ3n) is 4.65. The highest BCUT2D eigenvalue weighted by atomic mass is 16.2. The highest BCUT2D eigenvalue weighted by molar-refractivity contribution is 5.94. The molecule has 130 valence electrons. The van der Waals surface area contributed by atoms with Crippen LogP contribution in [0.2, 0.25) is 0 Å². The molecule has 2 heterocycles. The van der Waals surface area contributed by atoms with Crippen molar-refractivity contribution in [3.8, 4) is 11.8 Å². The van der Waals surface area contributed by atoms with Crippen LogP contribution in [0.4, 0.5) is 0 Å². The maximum Gasteiger partial charge on any atom is 0.254 e. The van der Waals surface area contributed by atoms with Gasteiger partial charge < -0.3 is 9.47 Å². The Morgan fingerprint density at radius 2 is 2.00 bits per heavy atom. The number of hydrogen-bond donors (Lipinski definition) is 0. The lowest BCUT2D eigenvalue weighted by molar-refractivity contribution is 0.0576. The first-order chi connectivity index (χ1) is 12.1. The normalized spacial score (nSPS) is 16.6. The van der Waals surface area contributed by atoms with E-state index in [9.17, 15) is 10.1 Å². The molecule has 3 rings (SSSR count). The Balaban J connectivity index is 1.67. The van der Waals surface area contributed by atoms with Gasteiger partial charge in [0, 0.05) is 49.8 Å². The van der Waals surface area contributed by atoms with Crippen LogP contribution >= 0.6 is 0 Å². The summed E-state index contributed by atoms with van der Waals surface area (Å²) in [5, 5.41) is 9.34. The topological polar surface area (TPSA) is 65.2 Å². The van der Waals surface area contributed by atoms with E-state index in [-0.39, 0.29) is 11.9 Å². The second kappa shape index (κ2) is 7.49. The molecule has 1 fully saturated rings. The number of aromatic nitrogens is 2. The van der Waals surface area contributed by atoms with Gasteiger partial charge in [-0.15, -0.1) is 0 Å². The molecule has 0 saturated carbocycles. The molecule has 1 amide bonds. The molecule has 1 aliphatic heterocycles. The first-order valence-corrected chi connectivity index (χ1v) is 8.61. The SMILES string of the molecule is CC(C)C(C#N)N1CCN(C(=O)c2cccc(-n3ccnc3)c2)CC1. The van der Waals surface area contributed by atoms with E-state index < -0.39 is 0 Å². The lowest BCUT2D eigenvalue weighted by atomic mass is 10.0. The van der Waals surface area contributed by atoms with Gasteiger partial charge in [-0.1, -0.05) is 19.9 Å². The van der Waals surface area contributed by atoms with E-state index in [1.807, 2.05) is 39.9 Å². The Hall–Kier alpha value is -2.65. The van der Waals surface area contributed by atoms with E-state index in [1.165, 1.54) is 0 Å². The fraction of sp³-hybridized carbons (Fsp3) is 0.421. The summed E-state index contributed by atoms with van der Waals surface area (Å²) in [6.45, 7) is 6.91. The molecule has 6 heteroatoms. The number of nitriles is 1. The van der Waals surface area contributed by atoms with Crippen molar-refractivity contribution in [1.82, 2.24) is 19.4 Å². The minimum atomic E-state index is -0.0816. The number of rotatable bonds is 4. The zero-order chi connectivity index (χ0) is 17.8. The lowest BCUT2D eigenvalue weighted by Crippen LogP contribution is -2.52. The molecule has 6 nitrogen and oxygen atoms in total. The Morgan fingerprint density at radius 1 is 1.24 bits per heavy atom. The van der Waals surface area contributed by atoms with Gasteiger partial charge in [-0.3, -0.25) is 9.69 Å². The molecule has 0 aliphatic carbocycles. The van der Waals surface area contributed by atoms with Crippen molar-refractivity contribution in [3.05, 3.63) is 48.5 Å². The molecule has 0 N–H and O–H groups in total. The van der Waals surface area contributed by atoms with Crippen LogP contribution in [0.25, 0.3) is 5.69 Å². The summed E-state index contributed by atoms with van der Waals surface area (Å²) in [4.78, 5) is 20.9. The van der Waals surface area contributed by atoms with Gasteiger partial charge >= 0.3 is 0 Å². The summed E-state index contributed by atoms with van der Waals surface area (Å²) >= 11 is 0. The van der Waals surface area contributed by atoms with Crippen LogP contribution in [0, 0.1) is 17.2 Å². The maximum atomic E-state index is 12.8. The minimum Gasteiger partial charge on any atom is -0.336 e. The number of nitrogens with zero attached hydrogens (tertiary/aromatic N) is 5. The second-order valence-corrected chi connectivity index (χ2v) is 6.67. The molecule has 1 aromatic carbocycles. The Labute approximate surface area is 148 Å². The van der Waals surface area contributed by atoms with Crippen LogP contribution in [-0.2, 0) is 0 Å². The first-order valence-electron chi connectivity index (χ1n) is 8.61. The van der Waals surface area contributed by atoms with Crippen molar-refractivity contribution in [1.29, 1.82) is 5.26 Å². The maximum absolute atomic E-state index is 12.8. The lowest BCUT2D eigenvalue weighted by Gasteiger charge is -2.38. The largest absolute Gasteiger partial charge is 0.336 e. The van der Waals surface area contributed by atoms with E-state index in [0.29, 0.717) is 24.6 Å². The molecule has 0 spiro atoms. The zero-order valence-corrected chi connectivity index (χ0v) is 14.7. The van der Waals surface area contributed by atoms with Crippen LogP contribution in [0.1, 0.15) is 24.2 Å². The second-order valence-electron chi connectivity index (χ2n) is 6.67. The van der Waals surface area contributed by atoms with Gasteiger partial charge in [-0.25, -0.2) is 4.98 Å². The number of carbonyl (C=O) groups is 1. The van der Waals surface area contributed by atoms with Crippen molar-refractivity contribution in [2.24, 2.45) is 5.92 Å². The predicted molar refractivity (Wildman–Crippen MR) is 95.3 cm³/mol. The van der Waals surface area contributed by atoms with Crippen LogP contribution in [-0.4, -0.2) is 57.5 Å². The molecule has 25 heavy (non-hydrogen) atoms. The van der Waals surface area contributed by atoms with Crippen LogP contribution in [0.3, 0.4) is 0 Å². The fourth-order valence-electron chi connectivity index (χ4n) is 3.25. The molecule has 0 bridgehead atoms. The van der Waals surface area contributed by atoms with E-state index >= 15 is 0 Å². The van der Waals surface area contributed by atoms with Gasteiger partial charge in [-0.2, -0.15) is 5.26 Å². The average Bonchev–Trinajstić information content (AvgIpc) is 3.17. The van der Waals surface area contributed by atoms with E-state index in [4.69, 9.17) is 0 Å². The Bertz CT molecular complexity index is 754. The third-order valence-corrected chi connectivity index (χ3v) is 4.65. The highest BCUT2D eigenvalue weighted by Gasteiger charge is 2.28. The molecule has 1 unspecified atom stereocenters. The summed E-state index contributed by atoms with van der Waals surface area (Å²) in [6.07, 6.45) is 5.29. The van der Waals surface area contributed by atoms with Gasteiger partial charge in [0.05, 0.1) is 12.4 Å². The van der Waals surface area contributed by atoms with Gasteiger partial charge in [0.2, 0.25) is 0 Å². The Kier molecular flexibility index (Phi) is 5.15. The fourth-order valence-corrected chi connectivity index (χ4v) is 3.25. The molecule has 1 saturated heterocycles. The molecule has 0 radical (unpaired) electrons. The third kappa shape index (κ3) is 3.72. The van der Waals surface area contributed by atoms with Gasteiger partial charge in [0.25, 0.3) is 5.91 Å². The standard InChI is InChI=1S/C19H23N5O/c1-15(2)18(13-20)22-8-10-23(11-9-22)19(25)16-4-3-5-17(12-16)24-7-6-21-14-24/h3-7,12,14-15,18H,8-11H2,1-2H3. The summed E-state index contributed by atoms with van der Waals surface area (Å²) in [5.41, 5.74) is 1.60. The summed E-state index contributed by atoms with van der Waals surface area (Å²) in [6, 6.07) is 9.89. The zero-order valence-electron chi connectivity index (χ0n) is 14.7. The summed E-state index contributed by atoms with van der Waals surface area (Å²) in [5.74, 6) is 0.332. The van der Waals surface area contributed by atoms with Gasteiger partial charge in [0.1, 0.15) is 6.04 Å². The van der Waals surface area contributed by atoms with Crippen molar-refractivity contribution in [2.75, 3.05) is 26.2 Å². The molecule has 1 atom stereocenters. The predicted octanol–water partition coefficient (Wildman–Crippen LogP) is 2.18. The monoisotopic (exact) mass is 337 g/mol. The number of amides is 1. The van der Waals surface area contributed by atoms with E-state index in [2.05, 4.69) is 29.8 Å². The van der Waals surface area contributed by atoms with Crippen LogP contribution in [0.5, 0.6) is 0 Å².